The molecule has 2 aliphatic heterocycles. The maximum atomic E-state index is 13.6. The smallest absolute Gasteiger partial charge is 0.231 e. The Kier molecular flexibility index (Phi) is 5.95. The molecule has 5 nitrogen and oxygen atoms in total. The summed E-state index contributed by atoms with van der Waals surface area (Å²) in [7, 11) is 0. The molecule has 2 amide bonds. The molecular weight excluding hydrogens is 362 g/mol. The van der Waals surface area contributed by atoms with Gasteiger partial charge in [0.1, 0.15) is 0 Å². The second-order valence-electron chi connectivity index (χ2n) is 9.67. The summed E-state index contributed by atoms with van der Waals surface area (Å²) < 4.78 is 0. The van der Waals surface area contributed by atoms with E-state index >= 15 is 0 Å². The number of nitrogens with zero attached hydrogens (tertiary/aromatic N) is 1. The topological polar surface area (TPSA) is 61.4 Å². The van der Waals surface area contributed by atoms with Crippen LogP contribution in [0.5, 0.6) is 0 Å². The minimum Gasteiger partial charge on any atom is -0.355 e. The van der Waals surface area contributed by atoms with Crippen molar-refractivity contribution in [3.63, 3.8) is 0 Å². The normalized spacial score (nSPS) is 28.6. The fourth-order valence-corrected chi connectivity index (χ4v) is 5.46. The number of piperidine rings is 1. The van der Waals surface area contributed by atoms with Crippen LogP contribution >= 0.6 is 0 Å². The third-order valence-corrected chi connectivity index (χ3v) is 7.36. The number of benzene rings is 1. The molecule has 2 heterocycles. The van der Waals surface area contributed by atoms with E-state index in [0.29, 0.717) is 6.54 Å². The summed E-state index contributed by atoms with van der Waals surface area (Å²) in [4.78, 5) is 28.7. The van der Waals surface area contributed by atoms with Crippen LogP contribution in [0.1, 0.15) is 57.9 Å². The van der Waals surface area contributed by atoms with E-state index in [9.17, 15) is 9.59 Å². The van der Waals surface area contributed by atoms with Crippen LogP contribution in [-0.2, 0) is 16.0 Å². The molecule has 1 aliphatic carbocycles. The molecule has 5 heteroatoms. The first-order valence-corrected chi connectivity index (χ1v) is 11.4. The Hall–Kier alpha value is -1.88. The van der Waals surface area contributed by atoms with E-state index in [2.05, 4.69) is 30.5 Å². The van der Waals surface area contributed by atoms with Crippen molar-refractivity contribution in [1.29, 1.82) is 0 Å². The average Bonchev–Trinajstić information content (AvgIpc) is 3.08. The molecule has 3 aliphatic rings. The highest BCUT2D eigenvalue weighted by molar-refractivity contribution is 6.00. The third-order valence-electron chi connectivity index (χ3n) is 7.36. The van der Waals surface area contributed by atoms with Crippen LogP contribution in [0.25, 0.3) is 0 Å². The van der Waals surface area contributed by atoms with Crippen molar-refractivity contribution in [3.05, 3.63) is 29.8 Å². The van der Waals surface area contributed by atoms with Crippen LogP contribution in [0.2, 0.25) is 0 Å². The Morgan fingerprint density at radius 1 is 1.14 bits per heavy atom. The minimum absolute atomic E-state index is 0.0861. The molecule has 4 rings (SSSR count). The van der Waals surface area contributed by atoms with E-state index in [-0.39, 0.29) is 35.1 Å². The van der Waals surface area contributed by atoms with Gasteiger partial charge in [0.25, 0.3) is 0 Å². The molecule has 1 saturated heterocycles. The van der Waals surface area contributed by atoms with E-state index in [1.54, 1.807) is 0 Å². The SMILES string of the molecule is CC1Cc2ccccc2N1C(=O)C1CCCCC1C(=O)NCC1(C)CCNCC1. The molecule has 3 atom stereocenters. The fourth-order valence-electron chi connectivity index (χ4n) is 5.46. The summed E-state index contributed by atoms with van der Waals surface area (Å²) in [6.45, 7) is 7.13. The summed E-state index contributed by atoms with van der Waals surface area (Å²) in [5.74, 6) is -0.155. The average molecular weight is 398 g/mol. The number of hydrogen-bond acceptors (Lipinski definition) is 3. The van der Waals surface area contributed by atoms with Crippen molar-refractivity contribution in [3.8, 4) is 0 Å². The first-order valence-electron chi connectivity index (χ1n) is 11.4. The predicted molar refractivity (Wildman–Crippen MR) is 116 cm³/mol. The first kappa shape index (κ1) is 20.4. The van der Waals surface area contributed by atoms with Gasteiger partial charge in [0.2, 0.25) is 11.8 Å². The Morgan fingerprint density at radius 2 is 1.83 bits per heavy atom. The maximum absolute atomic E-state index is 13.6. The van der Waals surface area contributed by atoms with E-state index in [0.717, 1.165) is 63.7 Å². The summed E-state index contributed by atoms with van der Waals surface area (Å²) in [6, 6.07) is 8.37. The lowest BCUT2D eigenvalue weighted by Gasteiger charge is -2.37. The van der Waals surface area contributed by atoms with Gasteiger partial charge in [-0.3, -0.25) is 9.59 Å². The lowest BCUT2D eigenvalue weighted by atomic mass is 9.77. The molecule has 1 aromatic rings. The Bertz CT molecular complexity index is 756. The summed E-state index contributed by atoms with van der Waals surface area (Å²) in [6.07, 6.45) is 6.79. The molecule has 0 aromatic heterocycles. The number of hydrogen-bond donors (Lipinski definition) is 2. The summed E-state index contributed by atoms with van der Waals surface area (Å²) >= 11 is 0. The van der Waals surface area contributed by atoms with Crippen LogP contribution in [0, 0.1) is 17.3 Å². The highest BCUT2D eigenvalue weighted by Gasteiger charge is 2.42. The quantitative estimate of drug-likeness (QED) is 0.820. The van der Waals surface area contributed by atoms with Crippen molar-refractivity contribution in [2.75, 3.05) is 24.5 Å². The number of fused-ring (bicyclic) bond motifs is 1. The Balaban J connectivity index is 1.46. The van der Waals surface area contributed by atoms with Gasteiger partial charge >= 0.3 is 0 Å². The molecule has 2 fully saturated rings. The van der Waals surface area contributed by atoms with Crippen LogP contribution < -0.4 is 15.5 Å². The molecule has 1 saturated carbocycles. The number of carbonyl (C=O) groups excluding carboxylic acids is 2. The van der Waals surface area contributed by atoms with E-state index < -0.39 is 0 Å². The van der Waals surface area contributed by atoms with Crippen molar-refractivity contribution in [2.45, 2.75) is 64.8 Å². The number of nitrogens with one attached hydrogen (secondary N) is 2. The van der Waals surface area contributed by atoms with Gasteiger partial charge in [0, 0.05) is 24.2 Å². The van der Waals surface area contributed by atoms with Crippen molar-refractivity contribution < 1.29 is 9.59 Å². The monoisotopic (exact) mass is 397 g/mol. The van der Waals surface area contributed by atoms with Crippen molar-refractivity contribution >= 4 is 17.5 Å². The standard InChI is InChI=1S/C24H35N3O2/c1-17-15-18-7-3-6-10-21(18)27(17)23(29)20-9-5-4-8-19(20)22(28)26-16-24(2)11-13-25-14-12-24/h3,6-7,10,17,19-20,25H,4-5,8-9,11-16H2,1-2H3,(H,26,28). The third kappa shape index (κ3) is 4.20. The van der Waals surface area contributed by atoms with E-state index in [4.69, 9.17) is 0 Å². The van der Waals surface area contributed by atoms with Gasteiger partial charge in [0.05, 0.1) is 5.92 Å². The molecule has 1 aromatic carbocycles. The van der Waals surface area contributed by atoms with Crippen molar-refractivity contribution in [1.82, 2.24) is 10.6 Å². The molecular formula is C24H35N3O2. The molecule has 0 radical (unpaired) electrons. The number of rotatable bonds is 4. The molecule has 0 spiro atoms. The lowest BCUT2D eigenvalue weighted by Crippen LogP contribution is -2.49. The maximum Gasteiger partial charge on any atom is 0.231 e. The zero-order valence-corrected chi connectivity index (χ0v) is 17.9. The Morgan fingerprint density at radius 3 is 2.59 bits per heavy atom. The number of carbonyl (C=O) groups is 2. The largest absolute Gasteiger partial charge is 0.355 e. The fraction of sp³-hybridized carbons (Fsp3) is 0.667. The summed E-state index contributed by atoms with van der Waals surface area (Å²) in [5, 5.41) is 6.62. The van der Waals surface area contributed by atoms with Gasteiger partial charge in [-0.1, -0.05) is 38.0 Å². The first-order chi connectivity index (χ1) is 14.0. The summed E-state index contributed by atoms with van der Waals surface area (Å²) in [5.41, 5.74) is 2.44. The van der Waals surface area contributed by atoms with E-state index in [1.807, 2.05) is 23.1 Å². The molecule has 0 bridgehead atoms. The van der Waals surface area contributed by atoms with Gasteiger partial charge in [-0.25, -0.2) is 0 Å². The zero-order chi connectivity index (χ0) is 20.4. The van der Waals surface area contributed by atoms with Crippen LogP contribution in [0.3, 0.4) is 0 Å². The van der Waals surface area contributed by atoms with Crippen LogP contribution in [0.15, 0.2) is 24.3 Å². The van der Waals surface area contributed by atoms with Gasteiger partial charge < -0.3 is 15.5 Å². The zero-order valence-electron chi connectivity index (χ0n) is 17.9. The molecule has 2 N–H and O–H groups in total. The predicted octanol–water partition coefficient (Wildman–Crippen LogP) is 3.28. The van der Waals surface area contributed by atoms with Crippen LogP contribution in [-0.4, -0.2) is 37.5 Å². The highest BCUT2D eigenvalue weighted by atomic mass is 16.2. The molecule has 3 unspecified atom stereocenters. The van der Waals surface area contributed by atoms with Gasteiger partial charge in [-0.15, -0.1) is 0 Å². The van der Waals surface area contributed by atoms with Gasteiger partial charge in [-0.2, -0.15) is 0 Å². The van der Waals surface area contributed by atoms with Crippen molar-refractivity contribution in [2.24, 2.45) is 17.3 Å². The second-order valence-corrected chi connectivity index (χ2v) is 9.67. The van der Waals surface area contributed by atoms with Gasteiger partial charge in [0.15, 0.2) is 0 Å². The second kappa shape index (κ2) is 8.47. The van der Waals surface area contributed by atoms with E-state index in [1.165, 1.54) is 5.56 Å². The minimum atomic E-state index is -0.196. The van der Waals surface area contributed by atoms with Crippen LogP contribution in [0.4, 0.5) is 5.69 Å². The lowest BCUT2D eigenvalue weighted by molar-refractivity contribution is -0.135. The van der Waals surface area contributed by atoms with Gasteiger partial charge in [-0.05, 0) is 69.2 Å². The highest BCUT2D eigenvalue weighted by Crippen LogP contribution is 2.38. The number of anilines is 1. The molecule has 158 valence electrons. The number of para-hydroxylation sites is 1. The molecule has 29 heavy (non-hydrogen) atoms. The Labute approximate surface area is 174 Å². The number of amides is 2.